The van der Waals surface area contributed by atoms with Crippen molar-refractivity contribution < 1.29 is 14.6 Å². The van der Waals surface area contributed by atoms with Crippen LogP contribution in [0.25, 0.3) is 10.9 Å². The van der Waals surface area contributed by atoms with Crippen LogP contribution in [0.3, 0.4) is 0 Å². The van der Waals surface area contributed by atoms with Crippen LogP contribution in [0.15, 0.2) is 29.1 Å². The van der Waals surface area contributed by atoms with Gasteiger partial charge in [-0.25, -0.2) is 0 Å². The molecule has 0 unspecified atom stereocenters. The van der Waals surface area contributed by atoms with Crippen LogP contribution in [0.5, 0.6) is 5.75 Å². The van der Waals surface area contributed by atoms with Gasteiger partial charge in [-0.15, -0.1) is 0 Å². The molecule has 6 nitrogen and oxygen atoms in total. The summed E-state index contributed by atoms with van der Waals surface area (Å²) in [6.45, 7) is 11.9. The monoisotopic (exact) mass is 444 g/mol. The highest BCUT2D eigenvalue weighted by molar-refractivity contribution is 5.84. The number of nitrogens with zero attached hydrogens (tertiary/aromatic N) is 2. The first kappa shape index (κ1) is 25.9. The Balaban J connectivity index is 2.40. The first-order valence-corrected chi connectivity index (χ1v) is 11.7. The van der Waals surface area contributed by atoms with Gasteiger partial charge in [0.25, 0.3) is 5.56 Å². The largest absolute Gasteiger partial charge is 0.497 e. The molecule has 2 rings (SSSR count). The Labute approximate surface area is 192 Å². The van der Waals surface area contributed by atoms with Crippen molar-refractivity contribution in [2.24, 2.45) is 5.41 Å². The van der Waals surface area contributed by atoms with E-state index in [0.717, 1.165) is 31.1 Å². The highest BCUT2D eigenvalue weighted by Gasteiger charge is 2.21. The molecule has 0 saturated carbocycles. The molecule has 1 aromatic carbocycles. The van der Waals surface area contributed by atoms with E-state index in [2.05, 4.69) is 20.8 Å². The average molecular weight is 445 g/mol. The highest BCUT2D eigenvalue weighted by Crippen LogP contribution is 2.24. The molecule has 0 aliphatic heterocycles. The number of methoxy groups -OCH3 is 1. The minimum atomic E-state index is -0.120. The van der Waals surface area contributed by atoms with Gasteiger partial charge in [-0.05, 0) is 60.6 Å². The molecule has 2 aromatic rings. The SMILES string of the molecule is COc1ccc2cc(C(C)C)c(=O)n(CC(=O)N(CCCCCO)CCC(C)(C)C)c2c1. The van der Waals surface area contributed by atoms with Gasteiger partial charge in [0.15, 0.2) is 0 Å². The molecular formula is C26H40N2O4. The summed E-state index contributed by atoms with van der Waals surface area (Å²) < 4.78 is 6.97. The molecule has 1 heterocycles. The number of aromatic nitrogens is 1. The highest BCUT2D eigenvalue weighted by atomic mass is 16.5. The maximum Gasteiger partial charge on any atom is 0.254 e. The third-order valence-electron chi connectivity index (χ3n) is 5.82. The number of hydrogen-bond acceptors (Lipinski definition) is 4. The molecule has 0 atom stereocenters. The van der Waals surface area contributed by atoms with Crippen molar-refractivity contribution in [1.82, 2.24) is 9.47 Å². The second kappa shape index (κ2) is 11.5. The van der Waals surface area contributed by atoms with Crippen LogP contribution in [0.1, 0.15) is 71.8 Å². The molecule has 0 aliphatic rings. The van der Waals surface area contributed by atoms with Crippen LogP contribution < -0.4 is 10.3 Å². The van der Waals surface area contributed by atoms with Crippen LogP contribution in [-0.2, 0) is 11.3 Å². The molecule has 0 radical (unpaired) electrons. The second-order valence-corrected chi connectivity index (χ2v) is 10.0. The molecule has 178 valence electrons. The number of unbranched alkanes of at least 4 members (excludes halogenated alkanes) is 2. The molecular weight excluding hydrogens is 404 g/mol. The number of aliphatic hydroxyl groups is 1. The number of hydrogen-bond donors (Lipinski definition) is 1. The van der Waals surface area contributed by atoms with Gasteiger partial charge in [-0.2, -0.15) is 0 Å². The predicted molar refractivity (Wildman–Crippen MR) is 130 cm³/mol. The molecule has 32 heavy (non-hydrogen) atoms. The van der Waals surface area contributed by atoms with Crippen molar-refractivity contribution in [1.29, 1.82) is 0 Å². The molecule has 0 aliphatic carbocycles. The number of carbonyl (C=O) groups excluding carboxylic acids is 1. The molecule has 0 bridgehead atoms. The maximum absolute atomic E-state index is 13.4. The van der Waals surface area contributed by atoms with Crippen LogP contribution in [-0.4, -0.2) is 47.3 Å². The van der Waals surface area contributed by atoms with Crippen molar-refractivity contribution in [3.8, 4) is 5.75 Å². The van der Waals surface area contributed by atoms with Crippen molar-refractivity contribution in [3.05, 3.63) is 40.2 Å². The van der Waals surface area contributed by atoms with Crippen molar-refractivity contribution in [2.45, 2.75) is 72.8 Å². The molecule has 1 N–H and O–H groups in total. The second-order valence-electron chi connectivity index (χ2n) is 10.0. The fourth-order valence-electron chi connectivity index (χ4n) is 3.73. The third-order valence-corrected chi connectivity index (χ3v) is 5.82. The Bertz CT molecular complexity index is 957. The Morgan fingerprint density at radius 3 is 2.44 bits per heavy atom. The predicted octanol–water partition coefficient (Wildman–Crippen LogP) is 4.56. The number of amides is 1. The summed E-state index contributed by atoms with van der Waals surface area (Å²) in [5.74, 6) is 0.667. The van der Waals surface area contributed by atoms with E-state index in [-0.39, 0.29) is 36.0 Å². The number of ether oxygens (including phenoxy) is 1. The molecule has 0 saturated heterocycles. The maximum atomic E-state index is 13.4. The average Bonchev–Trinajstić information content (AvgIpc) is 2.73. The first-order valence-electron chi connectivity index (χ1n) is 11.7. The summed E-state index contributed by atoms with van der Waals surface area (Å²) >= 11 is 0. The van der Waals surface area contributed by atoms with Crippen LogP contribution in [0.2, 0.25) is 0 Å². The zero-order valence-corrected chi connectivity index (χ0v) is 20.6. The van der Waals surface area contributed by atoms with Crippen molar-refractivity contribution in [3.63, 3.8) is 0 Å². The number of fused-ring (bicyclic) bond motifs is 1. The summed E-state index contributed by atoms with van der Waals surface area (Å²) in [6, 6.07) is 7.57. The summed E-state index contributed by atoms with van der Waals surface area (Å²) in [7, 11) is 1.60. The van der Waals surface area contributed by atoms with E-state index in [1.54, 1.807) is 11.7 Å². The molecule has 1 aromatic heterocycles. The minimum Gasteiger partial charge on any atom is -0.497 e. The molecule has 0 spiro atoms. The lowest BCUT2D eigenvalue weighted by Crippen LogP contribution is -2.39. The summed E-state index contributed by atoms with van der Waals surface area (Å²) in [4.78, 5) is 28.6. The topological polar surface area (TPSA) is 71.8 Å². The lowest BCUT2D eigenvalue weighted by molar-refractivity contribution is -0.132. The van der Waals surface area contributed by atoms with Gasteiger partial charge < -0.3 is 14.7 Å². The van der Waals surface area contributed by atoms with Gasteiger partial charge in [-0.3, -0.25) is 14.2 Å². The van der Waals surface area contributed by atoms with E-state index in [0.29, 0.717) is 29.9 Å². The Morgan fingerprint density at radius 1 is 1.12 bits per heavy atom. The zero-order chi connectivity index (χ0) is 23.9. The van der Waals surface area contributed by atoms with Crippen molar-refractivity contribution >= 4 is 16.8 Å². The minimum absolute atomic E-state index is 0.00715. The molecule has 6 heteroatoms. The fourth-order valence-corrected chi connectivity index (χ4v) is 3.73. The van der Waals surface area contributed by atoms with Crippen molar-refractivity contribution in [2.75, 3.05) is 26.8 Å². The smallest absolute Gasteiger partial charge is 0.254 e. The van der Waals surface area contributed by atoms with Gasteiger partial charge >= 0.3 is 0 Å². The van der Waals surface area contributed by atoms with Gasteiger partial charge in [0.2, 0.25) is 5.91 Å². The standard InChI is InChI=1S/C26H40N2O4/c1-19(2)22-16-20-10-11-21(32-6)17-23(20)28(25(22)31)18-24(30)27(13-8-7-9-15-29)14-12-26(3,4)5/h10-11,16-17,19,29H,7-9,12-15,18H2,1-6H3. The van der Waals surface area contributed by atoms with E-state index >= 15 is 0 Å². The summed E-state index contributed by atoms with van der Waals surface area (Å²) in [5.41, 5.74) is 1.41. The molecule has 0 fully saturated rings. The number of benzene rings is 1. The molecule has 1 amide bonds. The van der Waals surface area contributed by atoms with Gasteiger partial charge in [0.05, 0.1) is 12.6 Å². The fraction of sp³-hybridized carbons (Fsp3) is 0.615. The lowest BCUT2D eigenvalue weighted by Gasteiger charge is -2.28. The van der Waals surface area contributed by atoms with E-state index in [1.807, 2.05) is 43.0 Å². The first-order chi connectivity index (χ1) is 15.1. The van der Waals surface area contributed by atoms with Crippen LogP contribution in [0, 0.1) is 5.41 Å². The van der Waals surface area contributed by atoms with Gasteiger partial charge in [0.1, 0.15) is 12.3 Å². The van der Waals surface area contributed by atoms with E-state index in [4.69, 9.17) is 9.84 Å². The third kappa shape index (κ3) is 7.09. The Hall–Kier alpha value is -2.34. The number of rotatable bonds is 11. The number of pyridine rings is 1. The van der Waals surface area contributed by atoms with Gasteiger partial charge in [-0.1, -0.05) is 34.6 Å². The van der Waals surface area contributed by atoms with E-state index in [1.165, 1.54) is 0 Å². The van der Waals surface area contributed by atoms with E-state index < -0.39 is 0 Å². The Kier molecular flexibility index (Phi) is 9.32. The van der Waals surface area contributed by atoms with Gasteiger partial charge in [0, 0.05) is 31.3 Å². The summed E-state index contributed by atoms with van der Waals surface area (Å²) in [5, 5.41) is 9.98. The van der Waals surface area contributed by atoms with E-state index in [9.17, 15) is 9.59 Å². The van der Waals surface area contributed by atoms with Crippen LogP contribution in [0.4, 0.5) is 0 Å². The quantitative estimate of drug-likeness (QED) is 0.516. The van der Waals surface area contributed by atoms with Crippen LogP contribution >= 0.6 is 0 Å². The normalized spacial score (nSPS) is 11.9. The number of aliphatic hydroxyl groups excluding tert-OH is 1. The Morgan fingerprint density at radius 2 is 1.84 bits per heavy atom. The zero-order valence-electron chi connectivity index (χ0n) is 20.6. The lowest BCUT2D eigenvalue weighted by atomic mass is 9.92. The number of carbonyl (C=O) groups is 1. The summed E-state index contributed by atoms with van der Waals surface area (Å²) in [6.07, 6.45) is 3.33.